The highest BCUT2D eigenvalue weighted by Crippen LogP contribution is 2.22. The van der Waals surface area contributed by atoms with Gasteiger partial charge in [0.25, 0.3) is 0 Å². The fourth-order valence-corrected chi connectivity index (χ4v) is 3.85. The Kier molecular flexibility index (Phi) is 7.03. The van der Waals surface area contributed by atoms with Crippen LogP contribution < -0.4 is 16.0 Å². The van der Waals surface area contributed by atoms with Crippen LogP contribution in [-0.2, 0) is 4.79 Å². The molecule has 0 saturated carbocycles. The van der Waals surface area contributed by atoms with Gasteiger partial charge in [-0.15, -0.1) is 0 Å². The molecule has 0 aliphatic carbocycles. The van der Waals surface area contributed by atoms with Gasteiger partial charge in [-0.2, -0.15) is 5.26 Å². The van der Waals surface area contributed by atoms with E-state index in [1.807, 2.05) is 24.3 Å². The number of nitrogens with one attached hydrogen (secondary N) is 3. The van der Waals surface area contributed by atoms with Crippen molar-refractivity contribution in [3.8, 4) is 6.07 Å². The summed E-state index contributed by atoms with van der Waals surface area (Å²) in [7, 11) is 0. The molecule has 1 fully saturated rings. The van der Waals surface area contributed by atoms with Gasteiger partial charge >= 0.3 is 0 Å². The Morgan fingerprint density at radius 2 is 2.09 bits per heavy atom. The summed E-state index contributed by atoms with van der Waals surface area (Å²) in [5.74, 6) is -1.09. The van der Waals surface area contributed by atoms with Crippen LogP contribution >= 0.6 is 0 Å². The van der Waals surface area contributed by atoms with Gasteiger partial charge in [-0.1, -0.05) is 24.3 Å². The number of amides is 1. The second-order valence-electron chi connectivity index (χ2n) is 7.89. The molecule has 2 aromatic carbocycles. The summed E-state index contributed by atoms with van der Waals surface area (Å²) in [6.45, 7) is 1.11. The molecular formula is C25H23F2N5O. The number of aromatic nitrogens is 1. The van der Waals surface area contributed by atoms with Crippen molar-refractivity contribution >= 4 is 28.6 Å². The lowest BCUT2D eigenvalue weighted by Crippen LogP contribution is -2.52. The molecule has 8 heteroatoms. The maximum Gasteiger partial charge on any atom is 0.241 e. The monoisotopic (exact) mass is 447 g/mol. The highest BCUT2D eigenvalue weighted by Gasteiger charge is 2.25. The molecule has 1 aliphatic heterocycles. The molecule has 1 amide bonds. The molecule has 2 heterocycles. The lowest BCUT2D eigenvalue weighted by molar-refractivity contribution is -0.118. The average molecular weight is 447 g/mol. The van der Waals surface area contributed by atoms with Gasteiger partial charge in [-0.05, 0) is 49.2 Å². The highest BCUT2D eigenvalue weighted by molar-refractivity contribution is 6.02. The number of hydrogen-bond acceptors (Lipinski definition) is 5. The molecule has 2 unspecified atom stereocenters. The maximum absolute atomic E-state index is 13.6. The van der Waals surface area contributed by atoms with Crippen LogP contribution in [0.4, 0.5) is 14.5 Å². The Bertz CT molecular complexity index is 1230. The summed E-state index contributed by atoms with van der Waals surface area (Å²) >= 11 is 0. The third kappa shape index (κ3) is 5.58. The summed E-state index contributed by atoms with van der Waals surface area (Å²) in [6.07, 6.45) is 4.74. The zero-order valence-electron chi connectivity index (χ0n) is 17.8. The molecule has 4 rings (SSSR count). The van der Waals surface area contributed by atoms with Crippen molar-refractivity contribution in [2.24, 2.45) is 0 Å². The van der Waals surface area contributed by atoms with E-state index in [9.17, 15) is 13.6 Å². The number of halogens is 2. The largest absolute Gasteiger partial charge is 0.323 e. The fraction of sp³-hybridized carbons (Fsp3) is 0.240. The van der Waals surface area contributed by atoms with Gasteiger partial charge in [0.05, 0.1) is 17.2 Å². The molecule has 33 heavy (non-hydrogen) atoms. The fourth-order valence-electron chi connectivity index (χ4n) is 3.85. The summed E-state index contributed by atoms with van der Waals surface area (Å²) < 4.78 is 26.9. The molecular weight excluding hydrogens is 424 g/mol. The van der Waals surface area contributed by atoms with Crippen molar-refractivity contribution in [1.82, 2.24) is 15.6 Å². The quantitative estimate of drug-likeness (QED) is 0.536. The Morgan fingerprint density at radius 3 is 2.88 bits per heavy atom. The minimum absolute atomic E-state index is 0.147. The van der Waals surface area contributed by atoms with Crippen LogP contribution in [0.5, 0.6) is 0 Å². The third-order valence-corrected chi connectivity index (χ3v) is 5.60. The number of fused-ring (bicyclic) bond motifs is 1. The zero-order chi connectivity index (χ0) is 23.2. The van der Waals surface area contributed by atoms with E-state index >= 15 is 0 Å². The predicted octanol–water partition coefficient (Wildman–Crippen LogP) is 3.75. The number of rotatable bonds is 6. The molecule has 3 aromatic rings. The van der Waals surface area contributed by atoms with Crippen LogP contribution in [0.2, 0.25) is 0 Å². The van der Waals surface area contributed by atoms with Gasteiger partial charge in [0.15, 0.2) is 0 Å². The Hall–Kier alpha value is -3.67. The number of hydrogen-bond donors (Lipinski definition) is 3. The second-order valence-corrected chi connectivity index (χ2v) is 7.89. The first-order valence-electron chi connectivity index (χ1n) is 10.7. The van der Waals surface area contributed by atoms with E-state index in [2.05, 4.69) is 20.9 Å². The SMILES string of the molecule is N#Cc1ccc2cccc(NC(=O)C3CCC(NCC=Cc4cc(F)ccc4F)CN3)c2n1. The van der Waals surface area contributed by atoms with Gasteiger partial charge < -0.3 is 16.0 Å². The van der Waals surface area contributed by atoms with Crippen molar-refractivity contribution in [1.29, 1.82) is 5.26 Å². The van der Waals surface area contributed by atoms with Crippen molar-refractivity contribution in [3.63, 3.8) is 0 Å². The maximum atomic E-state index is 13.6. The first-order chi connectivity index (χ1) is 16.0. The van der Waals surface area contributed by atoms with Crippen molar-refractivity contribution in [3.05, 3.63) is 77.5 Å². The van der Waals surface area contributed by atoms with E-state index in [1.54, 1.807) is 24.3 Å². The van der Waals surface area contributed by atoms with E-state index in [4.69, 9.17) is 5.26 Å². The van der Waals surface area contributed by atoms with Crippen LogP contribution in [0.1, 0.15) is 24.1 Å². The Morgan fingerprint density at radius 1 is 1.21 bits per heavy atom. The Balaban J connectivity index is 1.28. The second kappa shape index (κ2) is 10.3. The lowest BCUT2D eigenvalue weighted by Gasteiger charge is -2.29. The third-order valence-electron chi connectivity index (χ3n) is 5.60. The van der Waals surface area contributed by atoms with E-state index in [1.165, 1.54) is 0 Å². The van der Waals surface area contributed by atoms with Gasteiger partial charge in [0, 0.05) is 30.1 Å². The molecule has 6 nitrogen and oxygen atoms in total. The predicted molar refractivity (Wildman–Crippen MR) is 123 cm³/mol. The van der Waals surface area contributed by atoms with Crippen LogP contribution in [0, 0.1) is 23.0 Å². The van der Waals surface area contributed by atoms with Gasteiger partial charge in [0.2, 0.25) is 5.91 Å². The highest BCUT2D eigenvalue weighted by atomic mass is 19.1. The first-order valence-corrected chi connectivity index (χ1v) is 10.7. The summed E-state index contributed by atoms with van der Waals surface area (Å²) in [5.41, 5.74) is 1.66. The summed E-state index contributed by atoms with van der Waals surface area (Å²) in [4.78, 5) is 17.1. The molecule has 3 N–H and O–H groups in total. The van der Waals surface area contributed by atoms with Crippen LogP contribution in [0.15, 0.2) is 54.6 Å². The van der Waals surface area contributed by atoms with Gasteiger partial charge in [0.1, 0.15) is 23.4 Å². The number of benzene rings is 2. The topological polar surface area (TPSA) is 89.8 Å². The number of carbonyl (C=O) groups is 1. The number of nitriles is 1. The molecule has 1 aliphatic rings. The normalized spacial score (nSPS) is 18.3. The van der Waals surface area contributed by atoms with Crippen LogP contribution in [-0.4, -0.2) is 36.1 Å². The molecule has 168 valence electrons. The van der Waals surface area contributed by atoms with E-state index in [0.717, 1.165) is 30.0 Å². The molecule has 0 radical (unpaired) electrons. The zero-order valence-corrected chi connectivity index (χ0v) is 17.8. The van der Waals surface area contributed by atoms with Crippen LogP contribution in [0.3, 0.4) is 0 Å². The number of carbonyl (C=O) groups excluding carboxylic acids is 1. The lowest BCUT2D eigenvalue weighted by atomic mass is 10.00. The average Bonchev–Trinajstić information content (AvgIpc) is 2.84. The van der Waals surface area contributed by atoms with Crippen LogP contribution in [0.25, 0.3) is 17.0 Å². The smallest absolute Gasteiger partial charge is 0.241 e. The number of nitrogens with zero attached hydrogens (tertiary/aromatic N) is 2. The molecule has 0 bridgehead atoms. The van der Waals surface area contributed by atoms with Gasteiger partial charge in [-0.3, -0.25) is 4.79 Å². The molecule has 1 aromatic heterocycles. The number of para-hydroxylation sites is 1. The molecule has 0 spiro atoms. The standard InChI is InChI=1S/C25H23F2N5O/c26-18-7-10-21(27)17(13-18)4-2-12-29-20-9-11-23(30-15-20)25(33)32-22-5-1-3-16-6-8-19(14-28)31-24(16)22/h1-8,10,13,20,23,29-30H,9,11-12,15H2,(H,32,33). The number of anilines is 1. The van der Waals surface area contributed by atoms with E-state index < -0.39 is 11.6 Å². The minimum Gasteiger partial charge on any atom is -0.323 e. The molecule has 2 atom stereocenters. The summed E-state index contributed by atoms with van der Waals surface area (Å²) in [5, 5.41) is 19.5. The van der Waals surface area contributed by atoms with Gasteiger partial charge in [-0.25, -0.2) is 13.8 Å². The Labute approximate surface area is 190 Å². The van der Waals surface area contributed by atoms with E-state index in [-0.39, 0.29) is 23.6 Å². The minimum atomic E-state index is -0.477. The number of pyridine rings is 1. The molecule has 1 saturated heterocycles. The van der Waals surface area contributed by atoms with Crippen molar-refractivity contribution in [2.45, 2.75) is 24.9 Å². The first kappa shape index (κ1) is 22.5. The summed E-state index contributed by atoms with van der Waals surface area (Å²) in [6, 6.07) is 14.1. The van der Waals surface area contributed by atoms with E-state index in [0.29, 0.717) is 36.4 Å². The number of piperidine rings is 1. The van der Waals surface area contributed by atoms with Crippen molar-refractivity contribution in [2.75, 3.05) is 18.4 Å². The van der Waals surface area contributed by atoms with Crippen molar-refractivity contribution < 1.29 is 13.6 Å².